The molecular formula is C14H13N3O. The molecule has 1 aromatic heterocycles. The van der Waals surface area contributed by atoms with Crippen LogP contribution in [-0.4, -0.2) is 4.98 Å². The predicted molar refractivity (Wildman–Crippen MR) is 72.9 cm³/mol. The molecule has 0 aliphatic rings. The second kappa shape index (κ2) is 4.07. The lowest BCUT2D eigenvalue weighted by Crippen LogP contribution is -1.90. The summed E-state index contributed by atoms with van der Waals surface area (Å²) in [6.45, 7) is 2.05. The molecule has 0 saturated heterocycles. The van der Waals surface area contributed by atoms with Crippen LogP contribution in [0.4, 0.5) is 17.4 Å². The van der Waals surface area contributed by atoms with Crippen LogP contribution in [0, 0.1) is 6.92 Å². The molecule has 0 bridgehead atoms. The first kappa shape index (κ1) is 10.7. The van der Waals surface area contributed by atoms with E-state index in [4.69, 9.17) is 10.2 Å². The van der Waals surface area contributed by atoms with Crippen LogP contribution in [0.15, 0.2) is 46.9 Å². The summed E-state index contributed by atoms with van der Waals surface area (Å²) in [4.78, 5) is 4.33. The molecule has 4 nitrogen and oxygen atoms in total. The summed E-state index contributed by atoms with van der Waals surface area (Å²) in [7, 11) is 0. The van der Waals surface area contributed by atoms with Gasteiger partial charge in [-0.25, -0.2) is 0 Å². The van der Waals surface area contributed by atoms with E-state index in [1.165, 1.54) is 5.56 Å². The molecule has 3 rings (SSSR count). The van der Waals surface area contributed by atoms with Crippen LogP contribution < -0.4 is 11.1 Å². The second-order valence-electron chi connectivity index (χ2n) is 4.20. The lowest BCUT2D eigenvalue weighted by molar-refractivity contribution is 0.623. The molecule has 0 spiro atoms. The van der Waals surface area contributed by atoms with Gasteiger partial charge in [-0.05, 0) is 31.2 Å². The number of nitrogens with one attached hydrogen (secondary N) is 1. The Balaban J connectivity index is 1.95. The average Bonchev–Trinajstić information content (AvgIpc) is 2.76. The maximum Gasteiger partial charge on any atom is 0.300 e. The number of anilines is 3. The van der Waals surface area contributed by atoms with Gasteiger partial charge in [-0.15, -0.1) is 0 Å². The number of aromatic nitrogens is 1. The van der Waals surface area contributed by atoms with Gasteiger partial charge in [-0.2, -0.15) is 4.98 Å². The lowest BCUT2D eigenvalue weighted by atomic mass is 10.2. The minimum Gasteiger partial charge on any atom is -0.423 e. The van der Waals surface area contributed by atoms with Gasteiger partial charge in [0.1, 0.15) is 5.52 Å². The van der Waals surface area contributed by atoms with Crippen molar-refractivity contribution in [3.63, 3.8) is 0 Å². The summed E-state index contributed by atoms with van der Waals surface area (Å²) in [5.74, 6) is 0. The van der Waals surface area contributed by atoms with Crippen LogP contribution in [0.1, 0.15) is 5.56 Å². The zero-order valence-electron chi connectivity index (χ0n) is 9.97. The zero-order chi connectivity index (χ0) is 12.5. The summed E-state index contributed by atoms with van der Waals surface area (Å²) < 4.78 is 5.58. The van der Waals surface area contributed by atoms with Crippen LogP contribution in [0.2, 0.25) is 0 Å². The number of benzene rings is 2. The Morgan fingerprint density at radius 3 is 2.61 bits per heavy atom. The number of nitrogen functional groups attached to an aromatic ring is 1. The van der Waals surface area contributed by atoms with Gasteiger partial charge in [-0.1, -0.05) is 23.8 Å². The number of para-hydroxylation sites is 1. The van der Waals surface area contributed by atoms with E-state index in [1.54, 1.807) is 6.07 Å². The fourth-order valence-electron chi connectivity index (χ4n) is 1.78. The Morgan fingerprint density at radius 2 is 1.89 bits per heavy atom. The molecule has 0 radical (unpaired) electrons. The molecule has 18 heavy (non-hydrogen) atoms. The van der Waals surface area contributed by atoms with E-state index in [9.17, 15) is 0 Å². The second-order valence-corrected chi connectivity index (χ2v) is 4.20. The van der Waals surface area contributed by atoms with Crippen LogP contribution >= 0.6 is 0 Å². The summed E-state index contributed by atoms with van der Waals surface area (Å²) >= 11 is 0. The normalized spacial score (nSPS) is 10.7. The summed E-state index contributed by atoms with van der Waals surface area (Å²) in [6.07, 6.45) is 0. The minimum absolute atomic E-state index is 0.451. The molecule has 2 aromatic carbocycles. The molecule has 0 amide bonds. The number of fused-ring (bicyclic) bond motifs is 1. The summed E-state index contributed by atoms with van der Waals surface area (Å²) in [6, 6.07) is 14.0. The smallest absolute Gasteiger partial charge is 0.300 e. The van der Waals surface area contributed by atoms with Gasteiger partial charge >= 0.3 is 0 Å². The molecule has 3 aromatic rings. The van der Waals surface area contributed by atoms with E-state index in [1.807, 2.05) is 43.3 Å². The maximum atomic E-state index is 5.83. The molecule has 0 atom stereocenters. The van der Waals surface area contributed by atoms with Crippen LogP contribution in [0.25, 0.3) is 11.1 Å². The van der Waals surface area contributed by atoms with Crippen LogP contribution in [-0.2, 0) is 0 Å². The molecular weight excluding hydrogens is 226 g/mol. The Hall–Kier alpha value is -2.49. The zero-order valence-corrected chi connectivity index (χ0v) is 9.97. The molecule has 90 valence electrons. The average molecular weight is 239 g/mol. The minimum atomic E-state index is 0.451. The molecule has 4 heteroatoms. The molecule has 0 fully saturated rings. The predicted octanol–water partition coefficient (Wildman–Crippen LogP) is 3.46. The van der Waals surface area contributed by atoms with Crippen molar-refractivity contribution < 1.29 is 4.42 Å². The molecule has 0 saturated carbocycles. The van der Waals surface area contributed by atoms with E-state index in [-0.39, 0.29) is 0 Å². The number of hydrogen-bond donors (Lipinski definition) is 2. The van der Waals surface area contributed by atoms with E-state index in [0.29, 0.717) is 22.8 Å². The topological polar surface area (TPSA) is 64.1 Å². The van der Waals surface area contributed by atoms with Gasteiger partial charge in [0.05, 0.1) is 5.69 Å². The van der Waals surface area contributed by atoms with Crippen molar-refractivity contribution in [2.45, 2.75) is 6.92 Å². The van der Waals surface area contributed by atoms with Crippen molar-refractivity contribution in [2.24, 2.45) is 0 Å². The van der Waals surface area contributed by atoms with Crippen LogP contribution in [0.5, 0.6) is 0 Å². The number of aryl methyl sites for hydroxylation is 1. The van der Waals surface area contributed by atoms with Crippen molar-refractivity contribution >= 4 is 28.5 Å². The van der Waals surface area contributed by atoms with Crippen molar-refractivity contribution in [2.75, 3.05) is 11.1 Å². The molecule has 0 aliphatic carbocycles. The SMILES string of the molecule is Cc1ccc(Nc2nc3c(N)cccc3o2)cc1. The Kier molecular flexibility index (Phi) is 2.41. The number of hydrogen-bond acceptors (Lipinski definition) is 4. The number of nitrogens with two attached hydrogens (primary N) is 1. The molecule has 3 N–H and O–H groups in total. The monoisotopic (exact) mass is 239 g/mol. The van der Waals surface area contributed by atoms with Gasteiger partial charge in [0.15, 0.2) is 5.58 Å². The van der Waals surface area contributed by atoms with Gasteiger partial charge < -0.3 is 15.5 Å². The van der Waals surface area contributed by atoms with Crippen LogP contribution in [0.3, 0.4) is 0 Å². The molecule has 0 unspecified atom stereocenters. The number of nitrogens with zero attached hydrogens (tertiary/aromatic N) is 1. The Morgan fingerprint density at radius 1 is 1.11 bits per heavy atom. The highest BCUT2D eigenvalue weighted by molar-refractivity contribution is 5.86. The third kappa shape index (κ3) is 1.88. The first-order valence-corrected chi connectivity index (χ1v) is 5.71. The van der Waals surface area contributed by atoms with Crippen molar-refractivity contribution in [3.05, 3.63) is 48.0 Å². The number of rotatable bonds is 2. The van der Waals surface area contributed by atoms with Gasteiger partial charge in [0.2, 0.25) is 0 Å². The third-order valence-corrected chi connectivity index (χ3v) is 2.75. The highest BCUT2D eigenvalue weighted by Crippen LogP contribution is 2.25. The van der Waals surface area contributed by atoms with E-state index in [0.717, 1.165) is 5.69 Å². The van der Waals surface area contributed by atoms with Gasteiger partial charge in [-0.3, -0.25) is 0 Å². The summed E-state index contributed by atoms with van der Waals surface area (Å²) in [5, 5.41) is 3.11. The maximum absolute atomic E-state index is 5.83. The summed E-state index contributed by atoms with van der Waals surface area (Å²) in [5.41, 5.74) is 9.97. The first-order chi connectivity index (χ1) is 8.72. The highest BCUT2D eigenvalue weighted by atomic mass is 16.4. The van der Waals surface area contributed by atoms with Gasteiger partial charge in [0, 0.05) is 5.69 Å². The molecule has 0 aliphatic heterocycles. The standard InChI is InChI=1S/C14H13N3O/c1-9-5-7-10(8-6-9)16-14-17-13-11(15)3-2-4-12(13)18-14/h2-8H,15H2,1H3,(H,16,17). The van der Waals surface area contributed by atoms with Crippen molar-refractivity contribution in [1.29, 1.82) is 0 Å². The van der Waals surface area contributed by atoms with Gasteiger partial charge in [0.25, 0.3) is 6.01 Å². The lowest BCUT2D eigenvalue weighted by Gasteiger charge is -2.00. The molecule has 1 heterocycles. The van der Waals surface area contributed by atoms with E-state index in [2.05, 4.69) is 10.3 Å². The van der Waals surface area contributed by atoms with Crippen molar-refractivity contribution in [1.82, 2.24) is 4.98 Å². The first-order valence-electron chi connectivity index (χ1n) is 5.71. The Labute approximate surface area is 104 Å². The van der Waals surface area contributed by atoms with E-state index >= 15 is 0 Å². The quantitative estimate of drug-likeness (QED) is 0.672. The van der Waals surface area contributed by atoms with E-state index < -0.39 is 0 Å². The Bertz CT molecular complexity index is 686. The fourth-order valence-corrected chi connectivity index (χ4v) is 1.78. The highest BCUT2D eigenvalue weighted by Gasteiger charge is 2.07. The third-order valence-electron chi connectivity index (χ3n) is 2.75. The largest absolute Gasteiger partial charge is 0.423 e. The fraction of sp³-hybridized carbons (Fsp3) is 0.0714. The van der Waals surface area contributed by atoms with Crippen molar-refractivity contribution in [3.8, 4) is 0 Å². The number of oxazole rings is 1.